The zero-order chi connectivity index (χ0) is 13.0. The van der Waals surface area contributed by atoms with Crippen molar-refractivity contribution in [3.63, 3.8) is 0 Å². The fourth-order valence-electron chi connectivity index (χ4n) is 1.96. The average molecular weight is 242 g/mol. The van der Waals surface area contributed by atoms with Gasteiger partial charge in [0.2, 0.25) is 0 Å². The van der Waals surface area contributed by atoms with Crippen LogP contribution in [0.25, 0.3) is 0 Å². The van der Waals surface area contributed by atoms with E-state index in [1.165, 1.54) is 0 Å². The maximum atomic E-state index is 9.81. The van der Waals surface area contributed by atoms with Gasteiger partial charge in [-0.2, -0.15) is 0 Å². The Hall–Kier alpha value is -1.87. The van der Waals surface area contributed by atoms with Gasteiger partial charge in [-0.05, 0) is 32.2 Å². The third-order valence-corrected chi connectivity index (χ3v) is 2.83. The third-order valence-electron chi connectivity index (χ3n) is 2.83. The first-order valence-electron chi connectivity index (χ1n) is 6.02. The van der Waals surface area contributed by atoms with E-state index < -0.39 is 0 Å². The number of rotatable bonds is 4. The number of pyridine rings is 1. The number of aryl methyl sites for hydroxylation is 1. The molecule has 0 spiro atoms. The number of phenols is 1. The predicted molar refractivity (Wildman–Crippen MR) is 72.3 cm³/mol. The Kier molecular flexibility index (Phi) is 3.95. The Morgan fingerprint density at radius 2 is 2.00 bits per heavy atom. The molecule has 0 bridgehead atoms. The molecule has 0 aliphatic carbocycles. The zero-order valence-corrected chi connectivity index (χ0v) is 10.8. The summed E-state index contributed by atoms with van der Waals surface area (Å²) in [5, 5.41) is 9.81. The van der Waals surface area contributed by atoms with Crippen molar-refractivity contribution in [3.8, 4) is 5.75 Å². The van der Waals surface area contributed by atoms with Crippen molar-refractivity contribution in [2.75, 3.05) is 7.05 Å². The Labute approximate surface area is 108 Å². The summed E-state index contributed by atoms with van der Waals surface area (Å²) >= 11 is 0. The molecule has 0 radical (unpaired) electrons. The Morgan fingerprint density at radius 1 is 1.17 bits per heavy atom. The molecular formula is C15H18N2O. The Bertz CT molecular complexity index is 511. The van der Waals surface area contributed by atoms with Gasteiger partial charge in [-0.15, -0.1) is 0 Å². The van der Waals surface area contributed by atoms with E-state index in [1.807, 2.05) is 44.3 Å². The Balaban J connectivity index is 2.03. The van der Waals surface area contributed by atoms with Crippen LogP contribution in [-0.2, 0) is 13.1 Å². The van der Waals surface area contributed by atoms with E-state index in [4.69, 9.17) is 0 Å². The van der Waals surface area contributed by atoms with Crippen molar-refractivity contribution in [2.45, 2.75) is 20.0 Å². The molecule has 18 heavy (non-hydrogen) atoms. The summed E-state index contributed by atoms with van der Waals surface area (Å²) in [5.41, 5.74) is 3.15. The number of hydrogen-bond donors (Lipinski definition) is 1. The molecule has 1 aromatic carbocycles. The maximum Gasteiger partial charge on any atom is 0.120 e. The molecule has 0 unspecified atom stereocenters. The average Bonchev–Trinajstić information content (AvgIpc) is 2.35. The molecule has 0 aliphatic rings. The van der Waals surface area contributed by atoms with Crippen molar-refractivity contribution < 1.29 is 5.11 Å². The lowest BCUT2D eigenvalue weighted by Crippen LogP contribution is -2.18. The van der Waals surface area contributed by atoms with Gasteiger partial charge in [0.1, 0.15) is 5.75 Å². The van der Waals surface area contributed by atoms with Gasteiger partial charge in [-0.1, -0.05) is 23.8 Å². The molecule has 0 aliphatic heterocycles. The van der Waals surface area contributed by atoms with Gasteiger partial charge in [0, 0.05) is 24.8 Å². The number of hydrogen-bond acceptors (Lipinski definition) is 3. The van der Waals surface area contributed by atoms with Gasteiger partial charge in [0.15, 0.2) is 0 Å². The molecular weight excluding hydrogens is 224 g/mol. The van der Waals surface area contributed by atoms with Crippen LogP contribution >= 0.6 is 0 Å². The smallest absolute Gasteiger partial charge is 0.120 e. The fourth-order valence-corrected chi connectivity index (χ4v) is 1.96. The zero-order valence-electron chi connectivity index (χ0n) is 10.8. The van der Waals surface area contributed by atoms with Crippen LogP contribution in [0.15, 0.2) is 42.6 Å². The Morgan fingerprint density at radius 3 is 2.72 bits per heavy atom. The molecule has 0 saturated heterocycles. The number of phenolic OH excluding ortho intramolecular Hbond substituents is 1. The van der Waals surface area contributed by atoms with Crippen LogP contribution in [0.1, 0.15) is 16.8 Å². The first-order valence-corrected chi connectivity index (χ1v) is 6.02. The summed E-state index contributed by atoms with van der Waals surface area (Å²) in [6.07, 6.45) is 1.80. The van der Waals surface area contributed by atoms with Crippen LogP contribution in [-0.4, -0.2) is 22.0 Å². The van der Waals surface area contributed by atoms with Gasteiger partial charge in [-0.3, -0.25) is 9.88 Å². The van der Waals surface area contributed by atoms with Crippen LogP contribution in [0.4, 0.5) is 0 Å². The number of nitrogens with zero attached hydrogens (tertiary/aromatic N) is 2. The van der Waals surface area contributed by atoms with Crippen molar-refractivity contribution in [1.29, 1.82) is 0 Å². The minimum Gasteiger partial charge on any atom is -0.508 e. The molecule has 2 aromatic rings. The summed E-state index contributed by atoms with van der Waals surface area (Å²) in [6.45, 7) is 3.51. The predicted octanol–water partition coefficient (Wildman–Crippen LogP) is 2.73. The quantitative estimate of drug-likeness (QED) is 0.895. The molecule has 0 fully saturated rings. The fraction of sp³-hybridized carbons (Fsp3) is 0.267. The van der Waals surface area contributed by atoms with E-state index in [1.54, 1.807) is 12.3 Å². The normalized spacial score (nSPS) is 10.8. The van der Waals surface area contributed by atoms with Crippen LogP contribution in [0.3, 0.4) is 0 Å². The van der Waals surface area contributed by atoms with Crippen molar-refractivity contribution in [2.24, 2.45) is 0 Å². The lowest BCUT2D eigenvalue weighted by molar-refractivity contribution is 0.309. The number of benzene rings is 1. The molecule has 3 heteroatoms. The van der Waals surface area contributed by atoms with E-state index in [0.29, 0.717) is 12.3 Å². The molecule has 1 heterocycles. The minimum atomic E-state index is 0.355. The molecule has 0 amide bonds. The molecule has 2 rings (SSSR count). The SMILES string of the molecule is Cc1ccc(O)c(CN(C)Cc2ccccn2)c1. The summed E-state index contributed by atoms with van der Waals surface area (Å²) in [4.78, 5) is 6.43. The van der Waals surface area contributed by atoms with Crippen LogP contribution < -0.4 is 0 Å². The summed E-state index contributed by atoms with van der Waals surface area (Å²) < 4.78 is 0. The highest BCUT2D eigenvalue weighted by atomic mass is 16.3. The van der Waals surface area contributed by atoms with Crippen molar-refractivity contribution >= 4 is 0 Å². The van der Waals surface area contributed by atoms with Crippen LogP contribution in [0, 0.1) is 6.92 Å². The number of aromatic hydroxyl groups is 1. The standard InChI is InChI=1S/C15H18N2O/c1-12-6-7-15(18)13(9-12)10-17(2)11-14-5-3-4-8-16-14/h3-9,18H,10-11H2,1-2H3. The molecule has 1 aromatic heterocycles. The lowest BCUT2D eigenvalue weighted by Gasteiger charge is -2.17. The van der Waals surface area contributed by atoms with Gasteiger partial charge in [0.05, 0.1) is 5.69 Å². The first-order chi connectivity index (χ1) is 8.65. The second kappa shape index (κ2) is 5.65. The maximum absolute atomic E-state index is 9.81. The van der Waals surface area contributed by atoms with Crippen LogP contribution in [0.2, 0.25) is 0 Å². The largest absolute Gasteiger partial charge is 0.508 e. The second-order valence-corrected chi connectivity index (χ2v) is 4.63. The molecule has 0 saturated carbocycles. The summed E-state index contributed by atoms with van der Waals surface area (Å²) in [6, 6.07) is 11.6. The summed E-state index contributed by atoms with van der Waals surface area (Å²) in [7, 11) is 2.02. The first kappa shape index (κ1) is 12.6. The third kappa shape index (κ3) is 3.31. The van der Waals surface area contributed by atoms with Crippen molar-refractivity contribution in [3.05, 3.63) is 59.4 Å². The highest BCUT2D eigenvalue weighted by Gasteiger charge is 2.06. The van der Waals surface area contributed by atoms with Gasteiger partial charge in [-0.25, -0.2) is 0 Å². The molecule has 1 N–H and O–H groups in total. The van der Waals surface area contributed by atoms with E-state index in [0.717, 1.165) is 23.4 Å². The highest BCUT2D eigenvalue weighted by molar-refractivity contribution is 5.35. The van der Waals surface area contributed by atoms with Gasteiger partial charge < -0.3 is 5.11 Å². The van der Waals surface area contributed by atoms with E-state index in [-0.39, 0.29) is 0 Å². The topological polar surface area (TPSA) is 36.4 Å². The monoisotopic (exact) mass is 242 g/mol. The van der Waals surface area contributed by atoms with Crippen LogP contribution in [0.5, 0.6) is 5.75 Å². The van der Waals surface area contributed by atoms with E-state index in [2.05, 4.69) is 9.88 Å². The van der Waals surface area contributed by atoms with Crippen molar-refractivity contribution in [1.82, 2.24) is 9.88 Å². The van der Waals surface area contributed by atoms with E-state index in [9.17, 15) is 5.11 Å². The molecule has 3 nitrogen and oxygen atoms in total. The highest BCUT2D eigenvalue weighted by Crippen LogP contribution is 2.20. The lowest BCUT2D eigenvalue weighted by atomic mass is 10.1. The molecule has 0 atom stereocenters. The van der Waals surface area contributed by atoms with Gasteiger partial charge >= 0.3 is 0 Å². The number of aromatic nitrogens is 1. The molecule has 94 valence electrons. The van der Waals surface area contributed by atoms with Gasteiger partial charge in [0.25, 0.3) is 0 Å². The second-order valence-electron chi connectivity index (χ2n) is 4.63. The van der Waals surface area contributed by atoms with E-state index >= 15 is 0 Å². The summed E-state index contributed by atoms with van der Waals surface area (Å²) in [5.74, 6) is 0.355. The minimum absolute atomic E-state index is 0.355.